The van der Waals surface area contributed by atoms with Gasteiger partial charge >= 0.3 is 95.2 Å². The number of halogens is 36. The predicted octanol–water partition coefficient (Wildman–Crippen LogP) is 16.9. The number of ether oxygens (including phenoxy) is 12. The van der Waals surface area contributed by atoms with Crippen molar-refractivity contribution in [3.05, 3.63) is 18.2 Å². The van der Waals surface area contributed by atoms with Gasteiger partial charge in [-0.2, -0.15) is 158 Å². The van der Waals surface area contributed by atoms with Gasteiger partial charge in [0.05, 0.1) is 45.6 Å². The fourth-order valence-corrected chi connectivity index (χ4v) is 9.58. The molecule has 0 atom stereocenters. The van der Waals surface area contributed by atoms with Gasteiger partial charge < -0.3 is 92.5 Å². The number of fused-ring (bicyclic) bond motifs is 20. The van der Waals surface area contributed by atoms with Crippen LogP contribution in [-0.4, -0.2) is 183 Å². The van der Waals surface area contributed by atoms with Crippen LogP contribution in [0.1, 0.15) is 0 Å². The van der Waals surface area contributed by atoms with Crippen LogP contribution in [0.15, 0.2) is 18.2 Å². The number of alkyl halides is 36. The fraction of sp³-hybridized carbons (Fsp3) is 0.429. The van der Waals surface area contributed by atoms with Crippen molar-refractivity contribution in [2.45, 2.75) is 74.1 Å². The van der Waals surface area contributed by atoms with Gasteiger partial charge in [-0.05, 0) is 22.9 Å². The van der Waals surface area contributed by atoms with Crippen LogP contribution in [0.3, 0.4) is 0 Å². The zero-order chi connectivity index (χ0) is 86.5. The van der Waals surface area contributed by atoms with Crippen molar-refractivity contribution in [3.8, 4) is 115 Å². The number of hydrogen-bond donors (Lipinski definition) is 1. The number of rotatable bonds is 24. The first-order chi connectivity index (χ1) is 52.4. The van der Waals surface area contributed by atoms with Gasteiger partial charge in [0, 0.05) is 39.0 Å². The Hall–Kier alpha value is -10.5. The molecule has 3 aromatic heterocycles. The van der Waals surface area contributed by atoms with Crippen molar-refractivity contribution in [2.24, 2.45) is 0 Å². The maximum absolute atomic E-state index is 14.6. The summed E-state index contributed by atoms with van der Waals surface area (Å²) in [5, 5.41) is -6.21. The molecule has 8 bridgehead atoms. The Morgan fingerprint density at radius 3 is 0.635 bits per heavy atom. The van der Waals surface area contributed by atoms with Gasteiger partial charge in [-0.15, -0.1) is 0 Å². The third-order valence-electron chi connectivity index (χ3n) is 13.1. The summed E-state index contributed by atoms with van der Waals surface area (Å²) in [4.78, 5) is 30.0. The minimum atomic E-state index is -6.09. The number of benzene rings is 4. The van der Waals surface area contributed by atoms with Crippen LogP contribution in [0.25, 0.3) is 89.7 Å². The van der Waals surface area contributed by atoms with Crippen LogP contribution in [0.2, 0.25) is 0 Å². The van der Waals surface area contributed by atoms with E-state index in [4.69, 9.17) is 28.4 Å². The molecule has 0 amide bonds. The van der Waals surface area contributed by atoms with Crippen molar-refractivity contribution in [1.29, 1.82) is 0 Å². The molecule has 2 aliphatic rings. The molecular weight excluding hydrogens is 1740 g/mol. The van der Waals surface area contributed by atoms with Gasteiger partial charge in [0.1, 0.15) is 0 Å². The molecule has 115 heavy (non-hydrogen) atoms. The summed E-state index contributed by atoms with van der Waals surface area (Å²) in [5.74, 6) is -37.2. The van der Waals surface area contributed by atoms with E-state index in [9.17, 15) is 158 Å². The molecule has 4 aromatic carbocycles. The number of aromatic nitrogens is 8. The molecule has 9 rings (SSSR count). The van der Waals surface area contributed by atoms with Crippen molar-refractivity contribution in [3.63, 3.8) is 0 Å². The molecule has 0 fully saturated rings. The van der Waals surface area contributed by atoms with Gasteiger partial charge in [-0.3, -0.25) is 0 Å². The molecular formula is C56H29F36N9O13V. The molecule has 2 N–H and O–H groups in total. The third-order valence-corrected chi connectivity index (χ3v) is 13.1. The van der Waals surface area contributed by atoms with E-state index in [0.717, 1.165) is 23.4 Å². The Labute approximate surface area is 616 Å². The third kappa shape index (κ3) is 24.1. The fourth-order valence-electron chi connectivity index (χ4n) is 9.58. The number of nitrogen functional groups attached to an aromatic ring is 1. The molecule has 0 saturated heterocycles. The van der Waals surface area contributed by atoms with Crippen molar-refractivity contribution < 1.29 is 236 Å². The van der Waals surface area contributed by atoms with Gasteiger partial charge in [0.25, 0.3) is 0 Å². The Balaban J connectivity index is 0.00000820. The normalized spacial score (nSPS) is 13.4. The first-order valence-corrected chi connectivity index (χ1v) is 29.8. The van der Waals surface area contributed by atoms with E-state index in [2.05, 4.69) is 77.8 Å². The van der Waals surface area contributed by atoms with E-state index >= 15 is 0 Å². The van der Waals surface area contributed by atoms with E-state index in [0.29, 0.717) is 12.1 Å². The summed E-state index contributed by atoms with van der Waals surface area (Å²) in [6.07, 6.45) is -71.9. The number of hydrogen-bond acceptors (Lipinski definition) is 20. The molecule has 0 radical (unpaired) electrons. The quantitative estimate of drug-likeness (QED) is 0.0435. The van der Waals surface area contributed by atoms with E-state index in [-0.39, 0.29) is 0 Å². The van der Waals surface area contributed by atoms with Gasteiger partial charge in [-0.1, -0.05) is 6.07 Å². The van der Waals surface area contributed by atoms with Crippen LogP contribution in [0.4, 0.5) is 164 Å². The van der Waals surface area contributed by atoms with Gasteiger partial charge in [0.15, 0.2) is 114 Å². The van der Waals surface area contributed by atoms with Gasteiger partial charge in [-0.25, -0.2) is 9.97 Å². The minimum absolute atomic E-state index is 0.594. The molecule has 5 heterocycles. The zero-order valence-corrected chi connectivity index (χ0v) is 55.6. The molecule has 0 aliphatic carbocycles. The predicted molar refractivity (Wildman–Crippen MR) is 298 cm³/mol. The van der Waals surface area contributed by atoms with Crippen molar-refractivity contribution in [1.82, 2.24) is 39.9 Å². The molecule has 2 aliphatic heterocycles. The van der Waals surface area contributed by atoms with Crippen LogP contribution < -0.4 is 72.5 Å². The van der Waals surface area contributed by atoms with Crippen LogP contribution in [0, 0.1) is 0 Å². The van der Waals surface area contributed by atoms with Gasteiger partial charge in [0.2, 0.25) is 34.5 Å². The summed E-state index contributed by atoms with van der Waals surface area (Å²) in [6, 6.07) is 2.08. The SMILES string of the molecule is Nc1ccc2c3nc4nc(nc5[n-]c(nc6nc(nc([n-]3)c2c1)-c1c(OCC(F)(F)F)c(OCC(F)(F)F)c(OCC(F)(F)F)c(OCC(F)(F)F)c1-6)c1c(OCC(F)(F)F)c(OCC(F)(F)F)c(OCC(F)(F)F)c(OCC(F)(F)F)c51)-c1c(OCC(F)(F)F)c(OCC(F)(F)F)c(OCC(F)(F)F)c(OCC(F)(F)F)c1-4.[O]=[V+2]. The summed E-state index contributed by atoms with van der Waals surface area (Å²) in [7, 11) is 0. The summed E-state index contributed by atoms with van der Waals surface area (Å²) >= 11 is 1.06. The number of anilines is 1. The second-order valence-electron chi connectivity index (χ2n) is 22.3. The van der Waals surface area contributed by atoms with Crippen LogP contribution in [0.5, 0.6) is 69.0 Å². The Morgan fingerprint density at radius 2 is 0.417 bits per heavy atom. The first kappa shape index (κ1) is 90.0. The molecule has 633 valence electrons. The molecule has 59 heteroatoms. The molecule has 7 aromatic rings. The average Bonchev–Trinajstić information content (AvgIpc) is 1.55. The Morgan fingerprint density at radius 1 is 0.243 bits per heavy atom. The molecule has 0 unspecified atom stereocenters. The molecule has 0 saturated carbocycles. The Kier molecular flexibility index (Phi) is 25.3. The summed E-state index contributed by atoms with van der Waals surface area (Å²) in [6.45, 7) is -37.1. The van der Waals surface area contributed by atoms with E-state index < -0.39 is 318 Å². The second kappa shape index (κ2) is 32.3. The van der Waals surface area contributed by atoms with E-state index in [1.165, 1.54) is 0 Å². The van der Waals surface area contributed by atoms with Crippen LogP contribution in [-0.2, 0) is 21.0 Å². The van der Waals surface area contributed by atoms with E-state index in [1.807, 2.05) is 0 Å². The first-order valence-electron chi connectivity index (χ1n) is 29.2. The van der Waals surface area contributed by atoms with Crippen molar-refractivity contribution in [2.75, 3.05) is 85.0 Å². The molecule has 0 spiro atoms. The summed E-state index contributed by atoms with van der Waals surface area (Å²) in [5.41, 5.74) is -9.90. The monoisotopic (exact) mass is 1770 g/mol. The summed E-state index contributed by atoms with van der Waals surface area (Å²) < 4.78 is 584. The maximum atomic E-state index is 14.6. The Bertz CT molecular complexity index is 4910. The second-order valence-corrected chi connectivity index (χ2v) is 22.3. The van der Waals surface area contributed by atoms with Crippen LogP contribution >= 0.6 is 0 Å². The topological polar surface area (TPSA) is 259 Å². The number of nitrogens with two attached hydrogens (primary N) is 1. The molecule has 22 nitrogen and oxygen atoms in total. The average molecular weight is 1770 g/mol. The standard InChI is InChI=1S/C56H29F36N9O12.O.V/c57-45(58,59)4-102-25-19-21(27(104-6-47(63,64)65)33(110-12-53(81,82)83)31(25)108-10-51(75,76)77)41-97-39(19)95-37-17-2-1-16(93)3-18(17)38(94-37)96-40-20-22(28(105-7-48(66,67)68)34(111-13-54(84,85)86)32(109-11-52(78,79)80)26(20)103-5-46(60,61)62)42(98-40)100-44-24-23(43(99-41)101-44)29(106-8-49(69,70)71)35(112-14-55(87,88)89)36(113-15-56(90,91)92)30(24)107-9-50(72,73)74;;/h1-3H,4-15,93H2;;/q-2;;+2. The van der Waals surface area contributed by atoms with Crippen molar-refractivity contribution >= 4 is 49.8 Å². The zero-order valence-electron chi connectivity index (χ0n) is 54.2. The van der Waals surface area contributed by atoms with E-state index in [1.54, 1.807) is 0 Å². The number of nitrogens with zero attached hydrogens (tertiary/aromatic N) is 8.